The van der Waals surface area contributed by atoms with Gasteiger partial charge < -0.3 is 4.74 Å². The van der Waals surface area contributed by atoms with Crippen molar-refractivity contribution in [2.75, 3.05) is 26.0 Å². The van der Waals surface area contributed by atoms with Gasteiger partial charge in [0.15, 0.2) is 0 Å². The topological polar surface area (TPSA) is 9.23 Å². The molecule has 0 spiro atoms. The molecule has 3 heteroatoms. The Morgan fingerprint density at radius 3 is 2.50 bits per heavy atom. The number of fused-ring (bicyclic) bond motifs is 1. The summed E-state index contributed by atoms with van der Waals surface area (Å²) in [6.45, 7) is 3.75. The highest BCUT2D eigenvalue weighted by Crippen LogP contribution is 2.23. The highest BCUT2D eigenvalue weighted by molar-refractivity contribution is 9.09. The number of quaternary nitrogens is 1. The van der Waals surface area contributed by atoms with Gasteiger partial charge in [0, 0.05) is 5.56 Å². The number of hydrogen-bond donors (Lipinski definition) is 0. The normalized spacial score (nSPS) is 13.6. The summed E-state index contributed by atoms with van der Waals surface area (Å²) < 4.78 is 6.68. The molecule has 2 nitrogen and oxygen atoms in total. The Bertz CT molecular complexity index is 562. The third-order valence-electron chi connectivity index (χ3n) is 3.73. The molecular weight excluding hydrogens is 314 g/mol. The summed E-state index contributed by atoms with van der Waals surface area (Å²) in [4.78, 5) is 0. The highest BCUT2D eigenvalue weighted by atomic mass is 79.9. The van der Waals surface area contributed by atoms with Crippen molar-refractivity contribution in [3.63, 3.8) is 0 Å². The summed E-state index contributed by atoms with van der Waals surface area (Å²) in [6, 6.07) is 15.1. The van der Waals surface area contributed by atoms with E-state index in [9.17, 15) is 0 Å². The van der Waals surface area contributed by atoms with Gasteiger partial charge in [0.05, 0.1) is 26.0 Å². The van der Waals surface area contributed by atoms with E-state index in [4.69, 9.17) is 4.74 Å². The van der Waals surface area contributed by atoms with E-state index in [2.05, 4.69) is 72.5 Å². The van der Waals surface area contributed by atoms with E-state index in [0.717, 1.165) is 23.0 Å². The van der Waals surface area contributed by atoms with Crippen molar-refractivity contribution in [3.05, 3.63) is 48.0 Å². The minimum absolute atomic E-state index is 0.166. The molecule has 0 aliphatic heterocycles. The molecule has 0 aromatic heterocycles. The molecule has 0 N–H and O–H groups in total. The fourth-order valence-electron chi connectivity index (χ4n) is 2.60. The molecule has 2 aromatic carbocycles. The molecule has 0 aliphatic carbocycles. The van der Waals surface area contributed by atoms with Crippen molar-refractivity contribution >= 4 is 26.7 Å². The van der Waals surface area contributed by atoms with Gasteiger partial charge in [0.2, 0.25) is 6.23 Å². The van der Waals surface area contributed by atoms with Gasteiger partial charge in [-0.1, -0.05) is 58.4 Å². The van der Waals surface area contributed by atoms with Gasteiger partial charge >= 0.3 is 0 Å². The number of alkyl halides is 1. The van der Waals surface area contributed by atoms with Crippen LogP contribution in [0.5, 0.6) is 0 Å². The molecule has 0 radical (unpaired) electrons. The van der Waals surface area contributed by atoms with E-state index >= 15 is 0 Å². The molecule has 0 bridgehead atoms. The fraction of sp³-hybridized carbons (Fsp3) is 0.412. The van der Waals surface area contributed by atoms with Crippen molar-refractivity contribution in [3.8, 4) is 0 Å². The van der Waals surface area contributed by atoms with Crippen LogP contribution in [0.4, 0.5) is 0 Å². The molecular formula is C17H23BrNO+. The minimum atomic E-state index is 0.166. The zero-order valence-corrected chi connectivity index (χ0v) is 14.1. The second-order valence-corrected chi connectivity index (χ2v) is 6.29. The lowest BCUT2D eigenvalue weighted by Crippen LogP contribution is -2.50. The van der Waals surface area contributed by atoms with Crippen molar-refractivity contribution in [2.24, 2.45) is 0 Å². The Morgan fingerprint density at radius 1 is 1.10 bits per heavy atom. The van der Waals surface area contributed by atoms with Gasteiger partial charge in [-0.2, -0.15) is 0 Å². The molecule has 108 valence electrons. The van der Waals surface area contributed by atoms with Crippen LogP contribution in [0.25, 0.3) is 10.8 Å². The Morgan fingerprint density at radius 2 is 1.80 bits per heavy atom. The average molecular weight is 337 g/mol. The number of hydrogen-bond acceptors (Lipinski definition) is 1. The molecule has 1 unspecified atom stereocenters. The van der Waals surface area contributed by atoms with Gasteiger partial charge in [-0.25, -0.2) is 0 Å². The van der Waals surface area contributed by atoms with Gasteiger partial charge in [0.25, 0.3) is 0 Å². The zero-order chi connectivity index (χ0) is 14.6. The maximum Gasteiger partial charge on any atom is 0.202 e. The van der Waals surface area contributed by atoms with E-state index in [0.29, 0.717) is 0 Å². The van der Waals surface area contributed by atoms with Crippen LogP contribution in [-0.4, -0.2) is 36.7 Å². The monoisotopic (exact) mass is 336 g/mol. The molecule has 0 saturated carbocycles. The molecule has 2 aromatic rings. The number of nitrogens with zero attached hydrogens (tertiary/aromatic N) is 1. The molecule has 0 heterocycles. The predicted octanol–water partition coefficient (Wildman–Crippen LogP) is 4.17. The first-order valence-corrected chi connectivity index (χ1v) is 8.17. The summed E-state index contributed by atoms with van der Waals surface area (Å²) >= 11 is 3.58. The maximum absolute atomic E-state index is 5.87. The Kier molecular flexibility index (Phi) is 5.19. The number of halogens is 1. The summed E-state index contributed by atoms with van der Waals surface area (Å²) in [5.74, 6) is 0. The summed E-state index contributed by atoms with van der Waals surface area (Å²) in [6.07, 6.45) is 0.166. The van der Waals surface area contributed by atoms with Gasteiger partial charge in [0.1, 0.15) is 6.54 Å². The van der Waals surface area contributed by atoms with Crippen LogP contribution in [-0.2, 0) is 11.3 Å². The lowest BCUT2D eigenvalue weighted by atomic mass is 10.0. The van der Waals surface area contributed by atoms with Gasteiger partial charge in [-0.15, -0.1) is 0 Å². The van der Waals surface area contributed by atoms with Crippen LogP contribution >= 0.6 is 15.9 Å². The Hall–Kier alpha value is -0.900. The number of benzene rings is 2. The number of rotatable bonds is 6. The van der Waals surface area contributed by atoms with Crippen LogP contribution < -0.4 is 0 Å². The van der Waals surface area contributed by atoms with Gasteiger partial charge in [-0.3, -0.25) is 4.48 Å². The fourth-order valence-corrected chi connectivity index (χ4v) is 3.57. The minimum Gasteiger partial charge on any atom is -0.329 e. The van der Waals surface area contributed by atoms with Crippen molar-refractivity contribution in [1.29, 1.82) is 0 Å². The third kappa shape index (κ3) is 3.40. The smallest absolute Gasteiger partial charge is 0.202 e. The standard InChI is InChI=1S/C17H23BrNO/c1-4-20-17(12-18)19(2,3)13-15-10-7-9-14-8-5-6-11-16(14)15/h5-11,17H,4,12-13H2,1-3H3/q+1. The lowest BCUT2D eigenvalue weighted by molar-refractivity contribution is -0.946. The van der Waals surface area contributed by atoms with E-state index in [1.807, 2.05) is 6.92 Å². The average Bonchev–Trinajstić information content (AvgIpc) is 2.44. The molecule has 1 atom stereocenters. The number of ether oxygens (including phenoxy) is 1. The molecule has 0 aliphatic rings. The van der Waals surface area contributed by atoms with Crippen LogP contribution in [0.3, 0.4) is 0 Å². The van der Waals surface area contributed by atoms with Crippen molar-refractivity contribution in [2.45, 2.75) is 19.7 Å². The largest absolute Gasteiger partial charge is 0.329 e. The summed E-state index contributed by atoms with van der Waals surface area (Å²) in [7, 11) is 4.45. The summed E-state index contributed by atoms with van der Waals surface area (Å²) in [5.41, 5.74) is 1.37. The van der Waals surface area contributed by atoms with Crippen molar-refractivity contribution < 1.29 is 9.22 Å². The van der Waals surface area contributed by atoms with E-state index < -0.39 is 0 Å². The first-order valence-electron chi connectivity index (χ1n) is 7.05. The predicted molar refractivity (Wildman–Crippen MR) is 89.0 cm³/mol. The van der Waals surface area contributed by atoms with E-state index in [-0.39, 0.29) is 6.23 Å². The molecule has 20 heavy (non-hydrogen) atoms. The third-order valence-corrected chi connectivity index (χ3v) is 4.28. The molecule has 0 saturated heterocycles. The Labute approximate surface area is 130 Å². The van der Waals surface area contributed by atoms with Crippen molar-refractivity contribution in [1.82, 2.24) is 0 Å². The molecule has 0 amide bonds. The van der Waals surface area contributed by atoms with Crippen LogP contribution in [0.1, 0.15) is 12.5 Å². The van der Waals surface area contributed by atoms with Crippen LogP contribution in [0.15, 0.2) is 42.5 Å². The first kappa shape index (κ1) is 15.5. The molecule has 0 fully saturated rings. The Balaban J connectivity index is 2.31. The van der Waals surface area contributed by atoms with E-state index in [1.165, 1.54) is 16.3 Å². The molecule has 2 rings (SSSR count). The summed E-state index contributed by atoms with van der Waals surface area (Å²) in [5, 5.41) is 3.49. The second kappa shape index (κ2) is 6.70. The maximum atomic E-state index is 5.87. The zero-order valence-electron chi connectivity index (χ0n) is 12.5. The first-order chi connectivity index (χ1) is 9.58. The van der Waals surface area contributed by atoms with E-state index in [1.54, 1.807) is 0 Å². The SMILES string of the molecule is CCOC(CBr)[N+](C)(C)Cc1cccc2ccccc12. The lowest BCUT2D eigenvalue weighted by Gasteiger charge is -2.36. The second-order valence-electron chi connectivity index (χ2n) is 5.64. The van der Waals surface area contributed by atoms with Crippen LogP contribution in [0.2, 0.25) is 0 Å². The van der Waals surface area contributed by atoms with Gasteiger partial charge in [-0.05, 0) is 17.7 Å². The van der Waals surface area contributed by atoms with Crippen LogP contribution in [0, 0.1) is 0 Å². The quantitative estimate of drug-likeness (QED) is 0.437. The highest BCUT2D eigenvalue weighted by Gasteiger charge is 2.28.